The van der Waals surface area contributed by atoms with E-state index in [9.17, 15) is 40.5 Å². The third kappa shape index (κ3) is 6.01. The van der Waals surface area contributed by atoms with E-state index in [0.717, 1.165) is 12.1 Å². The number of hydrogen-bond acceptors (Lipinski definition) is 14. The predicted molar refractivity (Wildman–Crippen MR) is 147 cm³/mol. The molecule has 5 rings (SSSR count). The highest BCUT2D eigenvalue weighted by molar-refractivity contribution is 5.86. The lowest BCUT2D eigenvalue weighted by Gasteiger charge is -2.42. The third-order valence-corrected chi connectivity index (χ3v) is 7.85. The first-order valence-corrected chi connectivity index (χ1v) is 13.6. The van der Waals surface area contributed by atoms with Gasteiger partial charge in [-0.2, -0.15) is 0 Å². The molecule has 3 aromatic rings. The Kier molecular flexibility index (Phi) is 8.83. The number of aliphatic hydroxyl groups is 5. The van der Waals surface area contributed by atoms with E-state index >= 15 is 0 Å². The number of phenolic OH excluding ortho intramolecular Hbond substituents is 2. The molecule has 43 heavy (non-hydrogen) atoms. The second-order valence-electron chi connectivity index (χ2n) is 10.7. The van der Waals surface area contributed by atoms with Gasteiger partial charge in [-0.05, 0) is 25.1 Å². The zero-order chi connectivity index (χ0) is 31.2. The van der Waals surface area contributed by atoms with Gasteiger partial charge >= 0.3 is 0 Å². The van der Waals surface area contributed by atoms with Crippen LogP contribution in [0.5, 0.6) is 23.0 Å². The number of aromatic hydroxyl groups is 2. The fraction of sp³-hybridized carbons (Fsp3) is 0.483. The maximum Gasteiger partial charge on any atom is 0.229 e. The minimum atomic E-state index is -1.74. The number of fused-ring (bicyclic) bond motifs is 1. The summed E-state index contributed by atoms with van der Waals surface area (Å²) in [6, 6.07) is 7.85. The molecule has 3 heterocycles. The Bertz CT molecular complexity index is 1510. The Morgan fingerprint density at radius 3 is 2.26 bits per heavy atom. The number of hydrogen-bond donors (Lipinski definition) is 7. The van der Waals surface area contributed by atoms with E-state index in [1.165, 1.54) is 31.4 Å². The van der Waals surface area contributed by atoms with Crippen molar-refractivity contribution >= 4 is 11.0 Å². The minimum Gasteiger partial charge on any atom is -0.507 e. The van der Waals surface area contributed by atoms with Crippen LogP contribution < -0.4 is 14.9 Å². The van der Waals surface area contributed by atoms with E-state index in [1.54, 1.807) is 13.8 Å². The molecule has 2 aliphatic rings. The van der Waals surface area contributed by atoms with E-state index in [4.69, 9.17) is 28.1 Å². The molecule has 7 N–H and O–H groups in total. The van der Waals surface area contributed by atoms with Crippen LogP contribution in [0, 0.1) is 5.92 Å². The highest BCUT2D eigenvalue weighted by atomic mass is 16.7. The summed E-state index contributed by atoms with van der Waals surface area (Å²) in [6.45, 7) is 3.00. The molecule has 0 unspecified atom stereocenters. The fourth-order valence-electron chi connectivity index (χ4n) is 5.06. The Hall–Kier alpha value is -3.47. The Balaban J connectivity index is 1.37. The van der Waals surface area contributed by atoms with Crippen LogP contribution in [0.2, 0.25) is 0 Å². The van der Waals surface area contributed by atoms with Gasteiger partial charge in [0.2, 0.25) is 6.29 Å². The van der Waals surface area contributed by atoms with E-state index in [1.807, 2.05) is 0 Å². The highest BCUT2D eigenvalue weighted by Gasteiger charge is 2.47. The molecule has 14 nitrogen and oxygen atoms in total. The van der Waals surface area contributed by atoms with Crippen LogP contribution in [-0.2, 0) is 14.2 Å². The molecule has 10 atom stereocenters. The minimum absolute atomic E-state index is 0.0827. The van der Waals surface area contributed by atoms with Crippen molar-refractivity contribution in [1.82, 2.24) is 0 Å². The quantitative estimate of drug-likeness (QED) is 0.191. The Morgan fingerprint density at radius 1 is 0.814 bits per heavy atom. The average molecular weight is 607 g/mol. The molecule has 2 aliphatic heterocycles. The first-order valence-electron chi connectivity index (χ1n) is 13.6. The summed E-state index contributed by atoms with van der Waals surface area (Å²) in [4.78, 5) is 12.8. The number of rotatable bonds is 7. The number of ether oxygens (including phenoxy) is 5. The van der Waals surface area contributed by atoms with E-state index in [-0.39, 0.29) is 39.9 Å². The largest absolute Gasteiger partial charge is 0.507 e. The topological polar surface area (TPSA) is 218 Å². The van der Waals surface area contributed by atoms with Crippen LogP contribution in [0.25, 0.3) is 22.3 Å². The number of benzene rings is 2. The number of phenols is 2. The Morgan fingerprint density at radius 2 is 1.53 bits per heavy atom. The maximum atomic E-state index is 12.8. The van der Waals surface area contributed by atoms with Crippen molar-refractivity contribution in [2.24, 2.45) is 5.92 Å². The lowest BCUT2D eigenvalue weighted by Crippen LogP contribution is -2.61. The zero-order valence-corrected chi connectivity index (χ0v) is 23.4. The summed E-state index contributed by atoms with van der Waals surface area (Å²) in [5.41, 5.74) is -0.257. The summed E-state index contributed by atoms with van der Waals surface area (Å²) < 4.78 is 33.5. The summed E-state index contributed by atoms with van der Waals surface area (Å²) >= 11 is 0. The van der Waals surface area contributed by atoms with Crippen LogP contribution in [0.3, 0.4) is 0 Å². The van der Waals surface area contributed by atoms with E-state index < -0.39 is 73.1 Å². The average Bonchev–Trinajstić information content (AvgIpc) is 2.97. The SMILES string of the molecule is COc1cc(-c2cc(=O)c3c(O)cc(O[C@@H]4O[C@H](CO[C@@H]5O[C@@H](C)[C@H](C)[C@@H](O)[C@H]5O)[C@@H](O)[C@H](O)[C@H]4O)cc3o2)ccc1O. The van der Waals surface area contributed by atoms with Gasteiger partial charge in [-0.15, -0.1) is 0 Å². The predicted octanol–water partition coefficient (Wildman–Crippen LogP) is 0.185. The van der Waals surface area contributed by atoms with Crippen LogP contribution in [-0.4, -0.2) is 105 Å². The van der Waals surface area contributed by atoms with Gasteiger partial charge < -0.3 is 63.8 Å². The van der Waals surface area contributed by atoms with Crippen LogP contribution in [0.4, 0.5) is 0 Å². The van der Waals surface area contributed by atoms with Crippen molar-refractivity contribution in [2.45, 2.75) is 69.2 Å². The second kappa shape index (κ2) is 12.3. The Labute approximate surface area is 244 Å². The highest BCUT2D eigenvalue weighted by Crippen LogP contribution is 2.36. The van der Waals surface area contributed by atoms with Gasteiger partial charge in [0, 0.05) is 29.7 Å². The van der Waals surface area contributed by atoms with Gasteiger partial charge in [0.1, 0.15) is 58.7 Å². The van der Waals surface area contributed by atoms with Crippen molar-refractivity contribution in [2.75, 3.05) is 13.7 Å². The molecule has 2 aromatic carbocycles. The van der Waals surface area contributed by atoms with E-state index in [2.05, 4.69) is 0 Å². The molecular weight excluding hydrogens is 572 g/mol. The summed E-state index contributed by atoms with van der Waals surface area (Å²) in [7, 11) is 1.36. The molecule has 0 aliphatic carbocycles. The van der Waals surface area contributed by atoms with Gasteiger partial charge in [-0.25, -0.2) is 0 Å². The molecule has 2 fully saturated rings. The molecule has 14 heteroatoms. The molecule has 0 saturated carbocycles. The fourth-order valence-corrected chi connectivity index (χ4v) is 5.06. The maximum absolute atomic E-state index is 12.8. The van der Waals surface area contributed by atoms with Crippen molar-refractivity contribution in [1.29, 1.82) is 0 Å². The number of methoxy groups -OCH3 is 1. The zero-order valence-electron chi connectivity index (χ0n) is 23.4. The van der Waals surface area contributed by atoms with Gasteiger partial charge in [0.15, 0.2) is 23.2 Å². The van der Waals surface area contributed by atoms with Gasteiger partial charge in [0.05, 0.1) is 25.9 Å². The molecule has 2 saturated heterocycles. The molecule has 1 aromatic heterocycles. The smallest absolute Gasteiger partial charge is 0.229 e. The third-order valence-electron chi connectivity index (χ3n) is 7.85. The van der Waals surface area contributed by atoms with Crippen LogP contribution in [0.1, 0.15) is 13.8 Å². The standard InChI is InChI=1S/C29H34O14/c1-11-12(2)40-28(26(36)23(11)33)39-10-21-24(34)25(35)27(37)29(43-21)41-14-7-16(31)22-17(32)9-18(42-20(22)8-14)13-4-5-15(30)19(6-13)38-3/h4-9,11-12,21,23-31,33-37H,10H2,1-3H3/t11-,12-,21+,23+,24+,25-,26+,27+,28+,29+/m0/s1. The number of aliphatic hydroxyl groups excluding tert-OH is 5. The first-order chi connectivity index (χ1) is 20.4. The molecule has 0 bridgehead atoms. The molecular formula is C29H34O14. The van der Waals surface area contributed by atoms with Crippen molar-refractivity contribution in [3.63, 3.8) is 0 Å². The van der Waals surface area contributed by atoms with Crippen molar-refractivity contribution < 1.29 is 63.8 Å². The molecule has 234 valence electrons. The molecule has 0 amide bonds. The molecule has 0 spiro atoms. The van der Waals surface area contributed by atoms with Crippen LogP contribution in [0.15, 0.2) is 45.6 Å². The lowest BCUT2D eigenvalue weighted by molar-refractivity contribution is -0.312. The summed E-state index contributed by atoms with van der Waals surface area (Å²) in [6.07, 6.45) is -12.1. The van der Waals surface area contributed by atoms with E-state index in [0.29, 0.717) is 5.56 Å². The van der Waals surface area contributed by atoms with Crippen molar-refractivity contribution in [3.8, 4) is 34.3 Å². The van der Waals surface area contributed by atoms with Gasteiger partial charge in [0.25, 0.3) is 0 Å². The van der Waals surface area contributed by atoms with Gasteiger partial charge in [-0.1, -0.05) is 6.92 Å². The molecule has 0 radical (unpaired) electrons. The monoisotopic (exact) mass is 606 g/mol. The van der Waals surface area contributed by atoms with Crippen molar-refractivity contribution in [3.05, 3.63) is 46.6 Å². The second-order valence-corrected chi connectivity index (χ2v) is 10.7. The first kappa shape index (κ1) is 31.0. The van der Waals surface area contributed by atoms with Crippen LogP contribution >= 0.6 is 0 Å². The van der Waals surface area contributed by atoms with Gasteiger partial charge in [-0.3, -0.25) is 4.79 Å². The summed E-state index contributed by atoms with van der Waals surface area (Å²) in [5.74, 6) is -0.839. The normalized spacial score (nSPS) is 32.9. The summed E-state index contributed by atoms with van der Waals surface area (Å²) in [5, 5.41) is 72.5. The lowest BCUT2D eigenvalue weighted by atomic mass is 9.92.